The van der Waals surface area contributed by atoms with Crippen LogP contribution in [0.2, 0.25) is 0 Å². The van der Waals surface area contributed by atoms with Gasteiger partial charge in [0, 0.05) is 17.8 Å². The maximum atomic E-state index is 12.9. The van der Waals surface area contributed by atoms with Crippen LogP contribution in [0.1, 0.15) is 11.1 Å². The summed E-state index contributed by atoms with van der Waals surface area (Å²) in [6.07, 6.45) is -7.24. The third-order valence-electron chi connectivity index (χ3n) is 3.88. The van der Waals surface area contributed by atoms with Crippen LogP contribution in [0.3, 0.4) is 0 Å². The highest BCUT2D eigenvalue weighted by Crippen LogP contribution is 2.38. The fourth-order valence-corrected chi connectivity index (χ4v) is 2.48. The van der Waals surface area contributed by atoms with Gasteiger partial charge in [0.05, 0.1) is 24.2 Å². The summed E-state index contributed by atoms with van der Waals surface area (Å²) in [7, 11) is 0. The molecule has 156 valence electrons. The molecule has 1 aromatic heterocycles. The summed E-state index contributed by atoms with van der Waals surface area (Å²) >= 11 is 0. The van der Waals surface area contributed by atoms with E-state index in [4.69, 9.17) is 0 Å². The second-order valence-electron chi connectivity index (χ2n) is 6.21. The average molecular weight is 426 g/mol. The fourth-order valence-electron chi connectivity index (χ4n) is 2.48. The van der Waals surface area contributed by atoms with Crippen LogP contribution in [0.4, 0.5) is 35.1 Å². The molecule has 1 aliphatic heterocycles. The number of rotatable bonds is 3. The Labute approximate surface area is 157 Å². The van der Waals surface area contributed by atoms with Crippen LogP contribution in [0, 0.1) is 0 Å². The molecule has 2 aromatic rings. The minimum Gasteiger partial charge on any atom is -0.327 e. The first-order valence-corrected chi connectivity index (χ1v) is 7.81. The van der Waals surface area contributed by atoms with Gasteiger partial charge in [0.1, 0.15) is 6.33 Å². The SMILES string of the molecule is O=C(C=Cn1cnc(-c2cc(C(F)(F)F)cc(C(F)(F)F)c2)n1)N1CC(F)(F)C1. The molecule has 1 aromatic carbocycles. The number of aromatic nitrogens is 3. The summed E-state index contributed by atoms with van der Waals surface area (Å²) in [6, 6.07) is 0.903. The van der Waals surface area contributed by atoms with Gasteiger partial charge in [-0.1, -0.05) is 0 Å². The van der Waals surface area contributed by atoms with E-state index in [1.807, 2.05) is 0 Å². The Kier molecular flexibility index (Phi) is 4.87. The number of halogens is 8. The molecule has 1 fully saturated rings. The molecule has 0 radical (unpaired) electrons. The van der Waals surface area contributed by atoms with Crippen LogP contribution in [0.15, 0.2) is 30.6 Å². The Morgan fingerprint density at radius 3 is 2.03 bits per heavy atom. The maximum absolute atomic E-state index is 12.9. The Morgan fingerprint density at radius 1 is 1.00 bits per heavy atom. The zero-order valence-electron chi connectivity index (χ0n) is 14.1. The molecule has 0 saturated carbocycles. The second kappa shape index (κ2) is 6.81. The van der Waals surface area contributed by atoms with Gasteiger partial charge >= 0.3 is 12.4 Å². The monoisotopic (exact) mass is 426 g/mol. The van der Waals surface area contributed by atoms with E-state index in [1.165, 1.54) is 0 Å². The second-order valence-corrected chi connectivity index (χ2v) is 6.21. The highest BCUT2D eigenvalue weighted by Gasteiger charge is 2.45. The van der Waals surface area contributed by atoms with E-state index in [1.54, 1.807) is 0 Å². The van der Waals surface area contributed by atoms with Gasteiger partial charge < -0.3 is 4.90 Å². The number of nitrogens with zero attached hydrogens (tertiary/aromatic N) is 4. The molecular weight excluding hydrogens is 416 g/mol. The number of hydrogen-bond acceptors (Lipinski definition) is 3. The summed E-state index contributed by atoms with van der Waals surface area (Å²) in [6.45, 7) is -1.49. The number of likely N-dealkylation sites (tertiary alicyclic amines) is 1. The van der Waals surface area contributed by atoms with Crippen molar-refractivity contribution in [2.24, 2.45) is 0 Å². The molecular formula is C16H10F8N4O. The average Bonchev–Trinajstić information content (AvgIpc) is 3.04. The van der Waals surface area contributed by atoms with Crippen molar-refractivity contribution in [3.8, 4) is 11.4 Å². The van der Waals surface area contributed by atoms with Crippen LogP contribution < -0.4 is 0 Å². The normalized spacial score (nSPS) is 16.9. The lowest BCUT2D eigenvalue weighted by Gasteiger charge is -2.37. The summed E-state index contributed by atoms with van der Waals surface area (Å²) in [5.74, 6) is -4.16. The molecule has 2 heterocycles. The molecule has 1 aliphatic rings. The molecule has 0 unspecified atom stereocenters. The number of carbonyl (C=O) groups excluding carboxylic acids is 1. The Morgan fingerprint density at radius 2 is 1.55 bits per heavy atom. The molecule has 29 heavy (non-hydrogen) atoms. The lowest BCUT2D eigenvalue weighted by molar-refractivity contribution is -0.160. The first-order chi connectivity index (χ1) is 13.2. The van der Waals surface area contributed by atoms with Gasteiger partial charge in [0.2, 0.25) is 5.91 Å². The smallest absolute Gasteiger partial charge is 0.327 e. The summed E-state index contributed by atoms with van der Waals surface area (Å²) in [5.41, 5.74) is -3.58. The summed E-state index contributed by atoms with van der Waals surface area (Å²) in [4.78, 5) is 16.1. The van der Waals surface area contributed by atoms with Crippen molar-refractivity contribution in [2.45, 2.75) is 18.3 Å². The zero-order chi connectivity index (χ0) is 21.6. The van der Waals surface area contributed by atoms with E-state index in [0.717, 1.165) is 28.2 Å². The van der Waals surface area contributed by atoms with Crippen molar-refractivity contribution in [1.82, 2.24) is 19.7 Å². The van der Waals surface area contributed by atoms with E-state index >= 15 is 0 Å². The molecule has 0 aliphatic carbocycles. The molecule has 0 bridgehead atoms. The van der Waals surface area contributed by atoms with Crippen molar-refractivity contribution in [3.63, 3.8) is 0 Å². The Balaban J connectivity index is 1.84. The molecule has 1 saturated heterocycles. The predicted octanol–water partition coefficient (Wildman–Crippen LogP) is 3.93. The van der Waals surface area contributed by atoms with Gasteiger partial charge in [-0.15, -0.1) is 5.10 Å². The molecule has 5 nitrogen and oxygen atoms in total. The largest absolute Gasteiger partial charge is 0.416 e. The van der Waals surface area contributed by atoms with Crippen molar-refractivity contribution in [3.05, 3.63) is 41.7 Å². The Bertz CT molecular complexity index is 920. The number of hydrogen-bond donors (Lipinski definition) is 0. The minimum atomic E-state index is -5.02. The first kappa shape index (κ1) is 20.7. The zero-order valence-corrected chi connectivity index (χ0v) is 14.1. The van der Waals surface area contributed by atoms with E-state index in [0.29, 0.717) is 12.1 Å². The third kappa shape index (κ3) is 4.71. The molecule has 0 atom stereocenters. The van der Waals surface area contributed by atoms with Crippen molar-refractivity contribution in [2.75, 3.05) is 13.1 Å². The quantitative estimate of drug-likeness (QED) is 0.552. The van der Waals surface area contributed by atoms with Crippen molar-refractivity contribution < 1.29 is 39.9 Å². The number of alkyl halides is 8. The van der Waals surface area contributed by atoms with Gasteiger partial charge in [-0.05, 0) is 18.2 Å². The fraction of sp³-hybridized carbons (Fsp3) is 0.312. The molecule has 1 amide bonds. The number of benzene rings is 1. The van der Waals surface area contributed by atoms with Crippen molar-refractivity contribution in [1.29, 1.82) is 0 Å². The maximum Gasteiger partial charge on any atom is 0.416 e. The number of amides is 1. The Hall–Kier alpha value is -2.99. The van der Waals surface area contributed by atoms with E-state index < -0.39 is 59.8 Å². The molecule has 0 spiro atoms. The molecule has 0 N–H and O–H groups in total. The number of carbonyl (C=O) groups is 1. The predicted molar refractivity (Wildman–Crippen MR) is 82.3 cm³/mol. The van der Waals surface area contributed by atoms with Crippen LogP contribution >= 0.6 is 0 Å². The lowest BCUT2D eigenvalue weighted by atomic mass is 10.0. The van der Waals surface area contributed by atoms with Gasteiger partial charge in [-0.2, -0.15) is 26.3 Å². The standard InChI is InChI=1S/C16H10F8N4O/c17-14(18)6-27(7-14)12(29)1-2-28-8-25-13(26-28)9-3-10(15(19,20)21)5-11(4-9)16(22,23)24/h1-5,8H,6-7H2. The first-order valence-electron chi connectivity index (χ1n) is 7.81. The van der Waals surface area contributed by atoms with Crippen LogP contribution in [-0.4, -0.2) is 44.6 Å². The van der Waals surface area contributed by atoms with Crippen molar-refractivity contribution >= 4 is 12.1 Å². The van der Waals surface area contributed by atoms with Crippen LogP contribution in [0.5, 0.6) is 0 Å². The van der Waals surface area contributed by atoms with E-state index in [9.17, 15) is 39.9 Å². The molecule has 3 rings (SSSR count). The van der Waals surface area contributed by atoms with Gasteiger partial charge in [0.15, 0.2) is 5.82 Å². The van der Waals surface area contributed by atoms with Gasteiger partial charge in [-0.3, -0.25) is 4.79 Å². The summed E-state index contributed by atoms with van der Waals surface area (Å²) < 4.78 is 104. The van der Waals surface area contributed by atoms with Gasteiger partial charge in [-0.25, -0.2) is 18.4 Å². The van der Waals surface area contributed by atoms with Crippen LogP contribution in [-0.2, 0) is 17.1 Å². The highest BCUT2D eigenvalue weighted by atomic mass is 19.4. The van der Waals surface area contributed by atoms with E-state index in [-0.39, 0.29) is 6.07 Å². The van der Waals surface area contributed by atoms with Gasteiger partial charge in [0.25, 0.3) is 5.92 Å². The summed E-state index contributed by atoms with van der Waals surface area (Å²) in [5, 5.41) is 3.70. The minimum absolute atomic E-state index is 0.0259. The lowest BCUT2D eigenvalue weighted by Crippen LogP contribution is -2.58. The van der Waals surface area contributed by atoms with Crippen LogP contribution in [0.25, 0.3) is 17.6 Å². The van der Waals surface area contributed by atoms with E-state index in [2.05, 4.69) is 10.1 Å². The topological polar surface area (TPSA) is 51.0 Å². The third-order valence-corrected chi connectivity index (χ3v) is 3.88. The molecule has 13 heteroatoms. The highest BCUT2D eigenvalue weighted by molar-refractivity contribution is 5.90.